The van der Waals surface area contributed by atoms with Gasteiger partial charge in [0.15, 0.2) is 0 Å². The number of hydrogen-bond acceptors (Lipinski definition) is 3. The van der Waals surface area contributed by atoms with Crippen molar-refractivity contribution in [2.45, 2.75) is 32.7 Å². The first-order valence-electron chi connectivity index (χ1n) is 6.80. The normalized spacial score (nSPS) is 10.8. The van der Waals surface area contributed by atoms with Crippen molar-refractivity contribution in [2.24, 2.45) is 0 Å². The molecule has 0 unspecified atom stereocenters. The van der Waals surface area contributed by atoms with Gasteiger partial charge in [-0.1, -0.05) is 25.5 Å². The summed E-state index contributed by atoms with van der Waals surface area (Å²) in [5, 5.41) is 12.3. The molecule has 1 aromatic heterocycles. The Hall–Kier alpha value is -2.37. The standard InChI is InChI=1S/C15H17FN2O3/c1-2-3-8-18-14(20)12(13(19)17-15(18)21)9-10-4-6-11(16)7-5-10/h4-7,20H,2-3,8-9H2,1H3,(H,17,19,21)/p-1. The minimum Gasteiger partial charge on any atom is -0.860 e. The van der Waals surface area contributed by atoms with E-state index >= 15 is 0 Å². The van der Waals surface area contributed by atoms with Gasteiger partial charge in [0.05, 0.1) is 0 Å². The van der Waals surface area contributed by atoms with Crippen molar-refractivity contribution in [3.8, 4) is 5.88 Å². The molecular formula is C15H16FN2O3-. The second-order valence-electron chi connectivity index (χ2n) is 4.85. The number of aromatic amines is 1. The maximum Gasteiger partial charge on any atom is 0.327 e. The van der Waals surface area contributed by atoms with Crippen LogP contribution in [0.2, 0.25) is 0 Å². The Kier molecular flexibility index (Phi) is 4.57. The van der Waals surface area contributed by atoms with Crippen LogP contribution >= 0.6 is 0 Å². The number of hydrogen-bond donors (Lipinski definition) is 1. The molecule has 5 nitrogen and oxygen atoms in total. The Bertz CT molecular complexity index is 732. The predicted octanol–water partition coefficient (Wildman–Crippen LogP) is 1.14. The molecule has 0 atom stereocenters. The second-order valence-corrected chi connectivity index (χ2v) is 4.85. The summed E-state index contributed by atoms with van der Waals surface area (Å²) in [6.45, 7) is 2.22. The van der Waals surface area contributed by atoms with Gasteiger partial charge in [-0.15, -0.1) is 0 Å². The van der Waals surface area contributed by atoms with Crippen molar-refractivity contribution in [3.05, 3.63) is 62.0 Å². The molecule has 0 aliphatic rings. The average Bonchev–Trinajstić information content (AvgIpc) is 2.45. The molecule has 1 N–H and O–H groups in total. The van der Waals surface area contributed by atoms with E-state index in [0.29, 0.717) is 12.0 Å². The van der Waals surface area contributed by atoms with Crippen LogP contribution in [-0.4, -0.2) is 9.55 Å². The Labute approximate surface area is 120 Å². The van der Waals surface area contributed by atoms with E-state index in [1.807, 2.05) is 6.92 Å². The molecule has 0 aliphatic heterocycles. The zero-order valence-corrected chi connectivity index (χ0v) is 11.7. The Balaban J connectivity index is 2.41. The predicted molar refractivity (Wildman–Crippen MR) is 74.9 cm³/mol. The third-order valence-electron chi connectivity index (χ3n) is 3.27. The number of benzene rings is 1. The highest BCUT2D eigenvalue weighted by atomic mass is 19.1. The van der Waals surface area contributed by atoms with Crippen molar-refractivity contribution in [2.75, 3.05) is 0 Å². The van der Waals surface area contributed by atoms with E-state index in [1.54, 1.807) is 0 Å². The molecular weight excluding hydrogens is 275 g/mol. The molecule has 1 heterocycles. The molecule has 1 aromatic carbocycles. The van der Waals surface area contributed by atoms with Crippen LogP contribution in [0.1, 0.15) is 30.9 Å². The Morgan fingerprint density at radius 1 is 1.24 bits per heavy atom. The molecule has 6 heteroatoms. The number of aromatic nitrogens is 2. The lowest BCUT2D eigenvalue weighted by atomic mass is 10.1. The Morgan fingerprint density at radius 3 is 2.52 bits per heavy atom. The van der Waals surface area contributed by atoms with Gasteiger partial charge in [0.2, 0.25) is 0 Å². The van der Waals surface area contributed by atoms with Gasteiger partial charge >= 0.3 is 5.69 Å². The van der Waals surface area contributed by atoms with Crippen LogP contribution in [0.5, 0.6) is 5.88 Å². The largest absolute Gasteiger partial charge is 0.860 e. The van der Waals surface area contributed by atoms with Crippen LogP contribution < -0.4 is 16.4 Å². The fraction of sp³-hybridized carbons (Fsp3) is 0.333. The highest BCUT2D eigenvalue weighted by Crippen LogP contribution is 2.13. The summed E-state index contributed by atoms with van der Waals surface area (Å²) < 4.78 is 13.9. The van der Waals surface area contributed by atoms with Gasteiger partial charge in [-0.25, -0.2) is 9.18 Å². The molecule has 0 saturated heterocycles. The van der Waals surface area contributed by atoms with Gasteiger partial charge in [-0.05, 0) is 30.0 Å². The van der Waals surface area contributed by atoms with E-state index < -0.39 is 17.1 Å². The highest BCUT2D eigenvalue weighted by Gasteiger charge is 2.08. The molecule has 0 amide bonds. The fourth-order valence-electron chi connectivity index (χ4n) is 2.07. The van der Waals surface area contributed by atoms with E-state index in [4.69, 9.17) is 0 Å². The maximum atomic E-state index is 12.9. The summed E-state index contributed by atoms with van der Waals surface area (Å²) in [4.78, 5) is 25.7. The van der Waals surface area contributed by atoms with Crippen LogP contribution in [0.3, 0.4) is 0 Å². The maximum absolute atomic E-state index is 12.9. The van der Waals surface area contributed by atoms with Crippen molar-refractivity contribution in [1.29, 1.82) is 0 Å². The molecule has 112 valence electrons. The summed E-state index contributed by atoms with van der Waals surface area (Å²) >= 11 is 0. The molecule has 21 heavy (non-hydrogen) atoms. The van der Waals surface area contributed by atoms with Crippen LogP contribution in [0.25, 0.3) is 0 Å². The molecule has 0 fully saturated rings. The number of rotatable bonds is 5. The number of H-pyrrole nitrogens is 1. The summed E-state index contributed by atoms with van der Waals surface area (Å²) in [7, 11) is 0. The molecule has 2 aromatic rings. The van der Waals surface area contributed by atoms with Crippen molar-refractivity contribution in [1.82, 2.24) is 9.55 Å². The van der Waals surface area contributed by atoms with Gasteiger partial charge in [0.25, 0.3) is 5.56 Å². The highest BCUT2D eigenvalue weighted by molar-refractivity contribution is 5.29. The molecule has 0 aliphatic carbocycles. The SMILES string of the molecule is CCCCn1c([O-])c(Cc2ccc(F)cc2)c(=O)[nH]c1=O. The van der Waals surface area contributed by atoms with Gasteiger partial charge in [-0.3, -0.25) is 9.78 Å². The first kappa shape index (κ1) is 15.0. The lowest BCUT2D eigenvalue weighted by molar-refractivity contribution is -0.281. The van der Waals surface area contributed by atoms with Crippen molar-refractivity contribution in [3.63, 3.8) is 0 Å². The molecule has 2 rings (SSSR count). The lowest BCUT2D eigenvalue weighted by Crippen LogP contribution is -2.35. The monoisotopic (exact) mass is 291 g/mol. The van der Waals surface area contributed by atoms with Crippen LogP contribution in [0.15, 0.2) is 33.9 Å². The van der Waals surface area contributed by atoms with E-state index in [1.165, 1.54) is 24.3 Å². The van der Waals surface area contributed by atoms with E-state index in [2.05, 4.69) is 4.98 Å². The van der Waals surface area contributed by atoms with Gasteiger partial charge in [-0.2, -0.15) is 0 Å². The van der Waals surface area contributed by atoms with Gasteiger partial charge in [0, 0.05) is 18.5 Å². The molecule has 0 radical (unpaired) electrons. The summed E-state index contributed by atoms with van der Waals surface area (Å²) in [6, 6.07) is 5.55. The molecule has 0 bridgehead atoms. The van der Waals surface area contributed by atoms with Gasteiger partial charge in [0.1, 0.15) is 5.82 Å². The van der Waals surface area contributed by atoms with Crippen LogP contribution in [-0.2, 0) is 13.0 Å². The first-order valence-corrected chi connectivity index (χ1v) is 6.80. The fourth-order valence-corrected chi connectivity index (χ4v) is 2.07. The summed E-state index contributed by atoms with van der Waals surface area (Å²) in [5.41, 5.74) is -0.722. The van der Waals surface area contributed by atoms with Crippen LogP contribution in [0.4, 0.5) is 4.39 Å². The van der Waals surface area contributed by atoms with Crippen molar-refractivity contribution >= 4 is 0 Å². The molecule has 0 saturated carbocycles. The average molecular weight is 291 g/mol. The third kappa shape index (κ3) is 3.39. The topological polar surface area (TPSA) is 77.9 Å². The van der Waals surface area contributed by atoms with Crippen LogP contribution in [0, 0.1) is 5.82 Å². The minimum absolute atomic E-state index is 0.00249. The molecule has 0 spiro atoms. The third-order valence-corrected chi connectivity index (χ3v) is 3.27. The lowest BCUT2D eigenvalue weighted by Gasteiger charge is -2.19. The zero-order valence-electron chi connectivity index (χ0n) is 11.7. The summed E-state index contributed by atoms with van der Waals surface area (Å²) in [5.74, 6) is -0.954. The number of unbranched alkanes of at least 4 members (excludes halogenated alkanes) is 1. The quantitative estimate of drug-likeness (QED) is 0.897. The zero-order chi connectivity index (χ0) is 15.4. The Morgan fingerprint density at radius 2 is 1.90 bits per heavy atom. The first-order chi connectivity index (χ1) is 10.0. The minimum atomic E-state index is -0.679. The van der Waals surface area contributed by atoms with E-state index in [9.17, 15) is 19.1 Å². The summed E-state index contributed by atoms with van der Waals surface area (Å²) in [6.07, 6.45) is 1.58. The second kappa shape index (κ2) is 6.39. The smallest absolute Gasteiger partial charge is 0.327 e. The van der Waals surface area contributed by atoms with Gasteiger partial charge < -0.3 is 9.67 Å². The van der Waals surface area contributed by atoms with E-state index in [-0.39, 0.29) is 24.3 Å². The number of nitrogens with one attached hydrogen (secondary N) is 1. The number of halogens is 1. The van der Waals surface area contributed by atoms with Crippen molar-refractivity contribution < 1.29 is 9.50 Å². The van der Waals surface area contributed by atoms with E-state index in [0.717, 1.165) is 11.0 Å². The number of nitrogens with zero attached hydrogens (tertiary/aromatic N) is 1.